The Hall–Kier alpha value is -2.01. The SMILES string of the molecule is CN(Cc1cc(F)cc(C(N)=S)c1)c1ccc(F)cc1. The van der Waals surface area contributed by atoms with Crippen molar-refractivity contribution in [3.05, 3.63) is 65.2 Å². The minimum Gasteiger partial charge on any atom is -0.389 e. The molecule has 0 unspecified atom stereocenters. The lowest BCUT2D eigenvalue weighted by Crippen LogP contribution is -2.17. The molecule has 0 saturated carbocycles. The summed E-state index contributed by atoms with van der Waals surface area (Å²) in [4.78, 5) is 2.05. The lowest BCUT2D eigenvalue weighted by atomic mass is 10.1. The minimum absolute atomic E-state index is 0.162. The number of benzene rings is 2. The fourth-order valence-corrected chi connectivity index (χ4v) is 2.06. The van der Waals surface area contributed by atoms with E-state index in [0.717, 1.165) is 11.3 Å². The highest BCUT2D eigenvalue weighted by molar-refractivity contribution is 7.80. The molecule has 0 fully saturated rings. The molecule has 0 radical (unpaired) electrons. The average molecular weight is 292 g/mol. The predicted octanol–water partition coefficient (Wildman–Crippen LogP) is 3.24. The Labute approximate surface area is 121 Å². The zero-order valence-corrected chi connectivity index (χ0v) is 11.8. The van der Waals surface area contributed by atoms with Gasteiger partial charge in [0.1, 0.15) is 16.6 Å². The second-order valence-corrected chi connectivity index (χ2v) is 4.98. The molecule has 0 amide bonds. The number of nitrogens with zero attached hydrogens (tertiary/aromatic N) is 1. The van der Waals surface area contributed by atoms with Crippen molar-refractivity contribution in [1.29, 1.82) is 0 Å². The van der Waals surface area contributed by atoms with Crippen molar-refractivity contribution >= 4 is 22.9 Å². The van der Waals surface area contributed by atoms with Gasteiger partial charge in [0.2, 0.25) is 0 Å². The molecule has 0 aliphatic heterocycles. The van der Waals surface area contributed by atoms with Gasteiger partial charge in [0.15, 0.2) is 0 Å². The van der Waals surface area contributed by atoms with Crippen LogP contribution >= 0.6 is 12.2 Å². The summed E-state index contributed by atoms with van der Waals surface area (Å²) in [5, 5.41) is 0. The van der Waals surface area contributed by atoms with E-state index in [1.807, 2.05) is 11.9 Å². The van der Waals surface area contributed by atoms with Crippen molar-refractivity contribution < 1.29 is 8.78 Å². The van der Waals surface area contributed by atoms with E-state index in [1.165, 1.54) is 24.3 Å². The largest absolute Gasteiger partial charge is 0.389 e. The number of hydrogen-bond acceptors (Lipinski definition) is 2. The zero-order chi connectivity index (χ0) is 14.7. The summed E-state index contributed by atoms with van der Waals surface area (Å²) < 4.78 is 26.4. The monoisotopic (exact) mass is 292 g/mol. The lowest BCUT2D eigenvalue weighted by molar-refractivity contribution is 0.624. The fraction of sp³-hybridized carbons (Fsp3) is 0.133. The Morgan fingerprint density at radius 3 is 2.35 bits per heavy atom. The van der Waals surface area contributed by atoms with Gasteiger partial charge in [-0.3, -0.25) is 0 Å². The summed E-state index contributed by atoms with van der Waals surface area (Å²) in [6.45, 7) is 0.471. The molecular formula is C15H14F2N2S. The van der Waals surface area contributed by atoms with E-state index < -0.39 is 0 Å². The molecule has 0 aromatic heterocycles. The van der Waals surface area contributed by atoms with Crippen LogP contribution in [0.5, 0.6) is 0 Å². The fourth-order valence-electron chi connectivity index (χ4n) is 1.94. The van der Waals surface area contributed by atoms with E-state index in [1.54, 1.807) is 18.2 Å². The molecule has 2 nitrogen and oxygen atoms in total. The lowest BCUT2D eigenvalue weighted by Gasteiger charge is -2.19. The maximum Gasteiger partial charge on any atom is 0.124 e. The highest BCUT2D eigenvalue weighted by Gasteiger charge is 2.07. The number of thiocarbonyl (C=S) groups is 1. The Balaban J connectivity index is 2.21. The molecule has 0 spiro atoms. The van der Waals surface area contributed by atoms with Gasteiger partial charge in [0, 0.05) is 24.8 Å². The van der Waals surface area contributed by atoms with E-state index in [0.29, 0.717) is 12.1 Å². The summed E-state index contributed by atoms with van der Waals surface area (Å²) in [6, 6.07) is 10.6. The Morgan fingerprint density at radius 2 is 1.75 bits per heavy atom. The number of nitrogens with two attached hydrogens (primary N) is 1. The van der Waals surface area contributed by atoms with Crippen LogP contribution in [0.2, 0.25) is 0 Å². The highest BCUT2D eigenvalue weighted by Crippen LogP contribution is 2.17. The van der Waals surface area contributed by atoms with Crippen LogP contribution in [0.4, 0.5) is 14.5 Å². The van der Waals surface area contributed by atoms with E-state index in [9.17, 15) is 8.78 Å². The topological polar surface area (TPSA) is 29.3 Å². The quantitative estimate of drug-likeness (QED) is 0.877. The third-order valence-electron chi connectivity index (χ3n) is 2.93. The second kappa shape index (κ2) is 5.96. The molecular weight excluding hydrogens is 278 g/mol. The standard InChI is InChI=1S/C15H14F2N2S/c1-19(14-4-2-12(16)3-5-14)9-10-6-11(15(18)20)8-13(17)7-10/h2-8H,9H2,1H3,(H2,18,20). The van der Waals surface area contributed by atoms with Gasteiger partial charge in [0.25, 0.3) is 0 Å². The van der Waals surface area contributed by atoms with Crippen LogP contribution in [0, 0.1) is 11.6 Å². The van der Waals surface area contributed by atoms with Crippen LogP contribution in [0.15, 0.2) is 42.5 Å². The first-order chi connectivity index (χ1) is 9.45. The summed E-state index contributed by atoms with van der Waals surface area (Å²) in [5.41, 5.74) is 7.61. The first kappa shape index (κ1) is 14.4. The number of rotatable bonds is 4. The second-order valence-electron chi connectivity index (χ2n) is 4.54. The van der Waals surface area contributed by atoms with Gasteiger partial charge in [-0.25, -0.2) is 8.78 Å². The van der Waals surface area contributed by atoms with Crippen molar-refractivity contribution in [2.75, 3.05) is 11.9 Å². The van der Waals surface area contributed by atoms with E-state index >= 15 is 0 Å². The van der Waals surface area contributed by atoms with Gasteiger partial charge in [0.05, 0.1) is 0 Å². The molecule has 2 aromatic rings. The van der Waals surface area contributed by atoms with Crippen molar-refractivity contribution in [3.63, 3.8) is 0 Å². The van der Waals surface area contributed by atoms with Crippen LogP contribution in [-0.2, 0) is 6.54 Å². The molecule has 2 aromatic carbocycles. The normalized spacial score (nSPS) is 10.3. The maximum absolute atomic E-state index is 13.5. The van der Waals surface area contributed by atoms with Crippen LogP contribution in [-0.4, -0.2) is 12.0 Å². The summed E-state index contributed by atoms with van der Waals surface area (Å²) >= 11 is 4.86. The van der Waals surface area contributed by atoms with E-state index in [-0.39, 0.29) is 16.6 Å². The molecule has 0 aliphatic carbocycles. The number of hydrogen-bond donors (Lipinski definition) is 1. The van der Waals surface area contributed by atoms with Crippen molar-refractivity contribution in [3.8, 4) is 0 Å². The highest BCUT2D eigenvalue weighted by atomic mass is 32.1. The van der Waals surface area contributed by atoms with Gasteiger partial charge in [-0.05, 0) is 48.0 Å². The van der Waals surface area contributed by atoms with Crippen molar-refractivity contribution in [2.24, 2.45) is 5.73 Å². The van der Waals surface area contributed by atoms with Crippen molar-refractivity contribution in [1.82, 2.24) is 0 Å². The van der Waals surface area contributed by atoms with Gasteiger partial charge in [-0.2, -0.15) is 0 Å². The third-order valence-corrected chi connectivity index (χ3v) is 3.16. The van der Waals surface area contributed by atoms with Crippen LogP contribution < -0.4 is 10.6 Å². The number of anilines is 1. The molecule has 0 bridgehead atoms. The van der Waals surface area contributed by atoms with Gasteiger partial charge in [-0.15, -0.1) is 0 Å². The Bertz CT molecular complexity index is 626. The molecule has 0 heterocycles. The molecule has 104 valence electrons. The van der Waals surface area contributed by atoms with Crippen LogP contribution in [0.3, 0.4) is 0 Å². The summed E-state index contributed by atoms with van der Waals surface area (Å²) in [5.74, 6) is -0.665. The first-order valence-electron chi connectivity index (χ1n) is 6.01. The van der Waals surface area contributed by atoms with Crippen LogP contribution in [0.25, 0.3) is 0 Å². The van der Waals surface area contributed by atoms with E-state index in [2.05, 4.69) is 0 Å². The maximum atomic E-state index is 13.5. The summed E-state index contributed by atoms with van der Waals surface area (Å²) in [6.07, 6.45) is 0. The first-order valence-corrected chi connectivity index (χ1v) is 6.42. The molecule has 0 saturated heterocycles. The van der Waals surface area contributed by atoms with Gasteiger partial charge in [-0.1, -0.05) is 12.2 Å². The summed E-state index contributed by atoms with van der Waals surface area (Å²) in [7, 11) is 1.85. The zero-order valence-electron chi connectivity index (χ0n) is 10.9. The molecule has 2 rings (SSSR count). The third kappa shape index (κ3) is 3.51. The Morgan fingerprint density at radius 1 is 1.10 bits per heavy atom. The molecule has 2 N–H and O–H groups in total. The van der Waals surface area contributed by atoms with Crippen molar-refractivity contribution in [2.45, 2.75) is 6.54 Å². The van der Waals surface area contributed by atoms with Gasteiger partial charge < -0.3 is 10.6 Å². The van der Waals surface area contributed by atoms with Crippen LogP contribution in [0.1, 0.15) is 11.1 Å². The minimum atomic E-state index is -0.377. The smallest absolute Gasteiger partial charge is 0.124 e. The molecule has 5 heteroatoms. The van der Waals surface area contributed by atoms with Gasteiger partial charge >= 0.3 is 0 Å². The average Bonchev–Trinajstić information content (AvgIpc) is 2.38. The molecule has 20 heavy (non-hydrogen) atoms. The Kier molecular flexibility index (Phi) is 4.29. The van der Waals surface area contributed by atoms with E-state index in [4.69, 9.17) is 18.0 Å². The molecule has 0 aliphatic rings. The number of halogens is 2. The molecule has 0 atom stereocenters. The predicted molar refractivity (Wildman–Crippen MR) is 80.8 cm³/mol.